The molecule has 2 aliphatic heterocycles. The topological polar surface area (TPSA) is 40.6 Å². The Morgan fingerprint density at radius 3 is 2.65 bits per heavy atom. The highest BCUT2D eigenvalue weighted by molar-refractivity contribution is 7.99. The zero-order chi connectivity index (χ0) is 22.1. The van der Waals surface area contributed by atoms with E-state index in [1.54, 1.807) is 21.6 Å². The van der Waals surface area contributed by atoms with Crippen LogP contribution in [0.4, 0.5) is 14.5 Å². The van der Waals surface area contributed by atoms with Gasteiger partial charge in [0.15, 0.2) is 0 Å². The summed E-state index contributed by atoms with van der Waals surface area (Å²) in [4.78, 5) is 29.3. The molecular weight excluding hydrogens is 418 g/mol. The number of halogens is 2. The van der Waals surface area contributed by atoms with E-state index >= 15 is 0 Å². The molecule has 4 nitrogen and oxygen atoms in total. The Morgan fingerprint density at radius 1 is 1.06 bits per heavy atom. The summed E-state index contributed by atoms with van der Waals surface area (Å²) in [6, 6.07) is 9.43. The molecule has 0 bridgehead atoms. The normalized spacial score (nSPS) is 22.0. The molecule has 0 aliphatic carbocycles. The number of hydrogen-bond donors (Lipinski definition) is 0. The van der Waals surface area contributed by atoms with Gasteiger partial charge in [0.2, 0.25) is 11.8 Å². The van der Waals surface area contributed by atoms with Crippen LogP contribution >= 0.6 is 11.8 Å². The van der Waals surface area contributed by atoms with E-state index in [4.69, 9.17) is 0 Å². The quantitative estimate of drug-likeness (QED) is 0.693. The van der Waals surface area contributed by atoms with Crippen LogP contribution in [0.2, 0.25) is 0 Å². The molecule has 2 atom stereocenters. The van der Waals surface area contributed by atoms with Gasteiger partial charge in [-0.3, -0.25) is 9.59 Å². The monoisotopic (exact) mass is 444 g/mol. The molecule has 4 rings (SSSR count). The summed E-state index contributed by atoms with van der Waals surface area (Å²) < 4.78 is 27.8. The minimum Gasteiger partial charge on any atom is -0.342 e. The molecule has 0 spiro atoms. The maximum absolute atomic E-state index is 14.2. The van der Waals surface area contributed by atoms with E-state index < -0.39 is 11.6 Å². The van der Waals surface area contributed by atoms with Crippen LogP contribution in [0.25, 0.3) is 0 Å². The van der Waals surface area contributed by atoms with E-state index in [1.807, 2.05) is 32.0 Å². The molecule has 2 amide bonds. The number of amides is 2. The van der Waals surface area contributed by atoms with Crippen molar-refractivity contribution >= 4 is 29.3 Å². The molecule has 2 saturated heterocycles. The lowest BCUT2D eigenvalue weighted by molar-refractivity contribution is -0.135. The Kier molecular flexibility index (Phi) is 6.32. The average Bonchev–Trinajstić information content (AvgIpc) is 2.97. The number of aryl methyl sites for hydroxylation is 2. The molecule has 0 radical (unpaired) electrons. The Labute approximate surface area is 185 Å². The SMILES string of the molecule is Cc1ccc(N2CC(C(=O)N3CCSC(c4cc(F)ccc4F)CC3)CC2=O)cc1C. The van der Waals surface area contributed by atoms with Crippen LogP contribution in [0.15, 0.2) is 36.4 Å². The zero-order valence-corrected chi connectivity index (χ0v) is 18.6. The van der Waals surface area contributed by atoms with Gasteiger partial charge in [-0.05, 0) is 61.7 Å². The van der Waals surface area contributed by atoms with E-state index in [0.29, 0.717) is 37.4 Å². The fourth-order valence-corrected chi connectivity index (χ4v) is 5.52. The molecule has 2 aromatic carbocycles. The van der Waals surface area contributed by atoms with Crippen LogP contribution < -0.4 is 4.90 Å². The molecule has 7 heteroatoms. The fourth-order valence-electron chi connectivity index (χ4n) is 4.27. The summed E-state index contributed by atoms with van der Waals surface area (Å²) in [5, 5.41) is -0.189. The summed E-state index contributed by atoms with van der Waals surface area (Å²) in [5.41, 5.74) is 3.46. The number of carbonyl (C=O) groups excluding carboxylic acids is 2. The summed E-state index contributed by atoms with van der Waals surface area (Å²) in [7, 11) is 0. The Balaban J connectivity index is 1.42. The number of nitrogens with zero attached hydrogens (tertiary/aromatic N) is 2. The molecule has 2 fully saturated rings. The van der Waals surface area contributed by atoms with Crippen molar-refractivity contribution in [2.75, 3.05) is 30.3 Å². The molecule has 164 valence electrons. The van der Waals surface area contributed by atoms with Gasteiger partial charge in [0.05, 0.1) is 5.92 Å². The molecule has 0 saturated carbocycles. The first-order chi connectivity index (χ1) is 14.8. The Hall–Kier alpha value is -2.41. The van der Waals surface area contributed by atoms with Crippen molar-refractivity contribution in [3.63, 3.8) is 0 Å². The minimum atomic E-state index is -0.454. The predicted octanol–water partition coefficient (Wildman–Crippen LogP) is 4.64. The lowest BCUT2D eigenvalue weighted by atomic mass is 10.1. The van der Waals surface area contributed by atoms with E-state index in [9.17, 15) is 18.4 Å². The van der Waals surface area contributed by atoms with Crippen LogP contribution in [-0.2, 0) is 9.59 Å². The summed E-state index contributed by atoms with van der Waals surface area (Å²) >= 11 is 1.55. The van der Waals surface area contributed by atoms with Crippen molar-refractivity contribution in [2.45, 2.75) is 31.9 Å². The second-order valence-electron chi connectivity index (χ2n) is 8.31. The Bertz CT molecular complexity index is 1010. The molecule has 2 heterocycles. The first-order valence-corrected chi connectivity index (χ1v) is 11.6. The Morgan fingerprint density at radius 2 is 1.87 bits per heavy atom. The molecule has 0 aromatic heterocycles. The average molecular weight is 445 g/mol. The molecule has 2 aromatic rings. The largest absolute Gasteiger partial charge is 0.342 e. The van der Waals surface area contributed by atoms with Gasteiger partial charge in [-0.1, -0.05) is 6.07 Å². The van der Waals surface area contributed by atoms with E-state index in [0.717, 1.165) is 28.9 Å². The molecule has 31 heavy (non-hydrogen) atoms. The van der Waals surface area contributed by atoms with Crippen molar-refractivity contribution < 1.29 is 18.4 Å². The highest BCUT2D eigenvalue weighted by Gasteiger charge is 2.38. The predicted molar refractivity (Wildman–Crippen MR) is 119 cm³/mol. The number of benzene rings is 2. The second-order valence-corrected chi connectivity index (χ2v) is 9.62. The van der Waals surface area contributed by atoms with Gasteiger partial charge in [0.25, 0.3) is 0 Å². The van der Waals surface area contributed by atoms with Gasteiger partial charge in [0.1, 0.15) is 11.6 Å². The fraction of sp³-hybridized carbons (Fsp3) is 0.417. The molecule has 2 aliphatic rings. The van der Waals surface area contributed by atoms with Gasteiger partial charge < -0.3 is 9.80 Å². The smallest absolute Gasteiger partial charge is 0.228 e. The minimum absolute atomic E-state index is 0.0272. The van der Waals surface area contributed by atoms with E-state index in [2.05, 4.69) is 0 Å². The lowest BCUT2D eigenvalue weighted by Gasteiger charge is -2.24. The summed E-state index contributed by atoms with van der Waals surface area (Å²) in [6.45, 7) is 5.43. The first kappa shape index (κ1) is 21.8. The van der Waals surface area contributed by atoms with Gasteiger partial charge in [-0.15, -0.1) is 0 Å². The third-order valence-corrected chi connectivity index (χ3v) is 7.54. The maximum Gasteiger partial charge on any atom is 0.228 e. The molecular formula is C24H26F2N2O2S. The van der Waals surface area contributed by atoms with Crippen molar-refractivity contribution in [3.05, 3.63) is 64.7 Å². The first-order valence-electron chi connectivity index (χ1n) is 10.6. The number of rotatable bonds is 3. The van der Waals surface area contributed by atoms with E-state index in [-0.39, 0.29) is 29.4 Å². The standard InChI is InChI=1S/C24H26F2N2O2S/c1-15-3-5-19(11-16(15)2)28-14-17(12-23(28)29)24(30)27-8-7-22(31-10-9-27)20-13-18(25)4-6-21(20)26/h3-6,11,13,17,22H,7-10,12,14H2,1-2H3. The van der Waals surface area contributed by atoms with Gasteiger partial charge in [0, 0.05) is 48.3 Å². The third kappa shape index (κ3) is 4.61. The summed E-state index contributed by atoms with van der Waals surface area (Å²) in [5.74, 6) is -0.657. The van der Waals surface area contributed by atoms with Crippen molar-refractivity contribution in [2.24, 2.45) is 5.92 Å². The van der Waals surface area contributed by atoms with Crippen molar-refractivity contribution in [3.8, 4) is 0 Å². The van der Waals surface area contributed by atoms with Crippen LogP contribution in [0.3, 0.4) is 0 Å². The molecule has 0 N–H and O–H groups in total. The van der Waals surface area contributed by atoms with Crippen LogP contribution in [0.1, 0.15) is 34.8 Å². The van der Waals surface area contributed by atoms with Gasteiger partial charge in [-0.25, -0.2) is 8.78 Å². The summed E-state index contributed by atoms with van der Waals surface area (Å²) in [6.07, 6.45) is 0.760. The van der Waals surface area contributed by atoms with Crippen molar-refractivity contribution in [1.29, 1.82) is 0 Å². The number of thioether (sulfide) groups is 1. The highest BCUT2D eigenvalue weighted by Crippen LogP contribution is 2.37. The lowest BCUT2D eigenvalue weighted by Crippen LogP contribution is -2.38. The van der Waals surface area contributed by atoms with Gasteiger partial charge in [-0.2, -0.15) is 11.8 Å². The van der Waals surface area contributed by atoms with E-state index in [1.165, 1.54) is 6.07 Å². The molecule has 2 unspecified atom stereocenters. The van der Waals surface area contributed by atoms with Crippen molar-refractivity contribution in [1.82, 2.24) is 4.90 Å². The number of anilines is 1. The second kappa shape index (κ2) is 8.99. The highest BCUT2D eigenvalue weighted by atomic mass is 32.2. The van der Waals surface area contributed by atoms with Crippen LogP contribution in [0.5, 0.6) is 0 Å². The zero-order valence-electron chi connectivity index (χ0n) is 17.7. The van der Waals surface area contributed by atoms with Crippen LogP contribution in [0, 0.1) is 31.4 Å². The maximum atomic E-state index is 14.2. The number of carbonyl (C=O) groups is 2. The number of hydrogen-bond acceptors (Lipinski definition) is 3. The van der Waals surface area contributed by atoms with Crippen LogP contribution in [-0.4, -0.2) is 42.1 Å². The van der Waals surface area contributed by atoms with Gasteiger partial charge >= 0.3 is 0 Å². The third-order valence-electron chi connectivity index (χ3n) is 6.23.